The molecule has 0 aliphatic rings. The Kier molecular flexibility index (Phi) is 3.70. The summed E-state index contributed by atoms with van der Waals surface area (Å²) in [5, 5.41) is 22.9. The SMILES string of the molecule is N#Cc1csc(CNc2cnccc2CO)c1. The largest absolute Gasteiger partial charge is 0.392 e. The first-order chi connectivity index (χ1) is 8.33. The molecule has 0 unspecified atom stereocenters. The van der Waals surface area contributed by atoms with Crippen LogP contribution in [-0.2, 0) is 13.2 Å². The van der Waals surface area contributed by atoms with Gasteiger partial charge in [0.2, 0.25) is 0 Å². The number of aliphatic hydroxyl groups is 1. The summed E-state index contributed by atoms with van der Waals surface area (Å²) in [6.07, 6.45) is 3.33. The van der Waals surface area contributed by atoms with Gasteiger partial charge in [0.05, 0.1) is 24.1 Å². The molecule has 0 atom stereocenters. The number of rotatable bonds is 4. The van der Waals surface area contributed by atoms with Gasteiger partial charge in [-0.2, -0.15) is 5.26 Å². The normalized spacial score (nSPS) is 9.88. The van der Waals surface area contributed by atoms with Crippen molar-refractivity contribution in [1.29, 1.82) is 5.26 Å². The fourth-order valence-corrected chi connectivity index (χ4v) is 2.18. The van der Waals surface area contributed by atoms with Crippen LogP contribution in [0.25, 0.3) is 0 Å². The molecule has 0 aliphatic carbocycles. The number of nitrogens with one attached hydrogen (secondary N) is 1. The zero-order valence-electron chi connectivity index (χ0n) is 9.05. The van der Waals surface area contributed by atoms with E-state index in [-0.39, 0.29) is 6.61 Å². The number of hydrogen-bond donors (Lipinski definition) is 2. The van der Waals surface area contributed by atoms with Gasteiger partial charge in [-0.25, -0.2) is 0 Å². The van der Waals surface area contributed by atoms with Crippen molar-refractivity contribution < 1.29 is 5.11 Å². The van der Waals surface area contributed by atoms with Gasteiger partial charge in [-0.15, -0.1) is 11.3 Å². The Morgan fingerprint density at radius 1 is 1.53 bits per heavy atom. The number of nitrogens with zero attached hydrogens (tertiary/aromatic N) is 2. The Hall–Kier alpha value is -1.90. The first kappa shape index (κ1) is 11.6. The predicted molar refractivity (Wildman–Crippen MR) is 66.5 cm³/mol. The van der Waals surface area contributed by atoms with Crippen molar-refractivity contribution in [2.24, 2.45) is 0 Å². The fourth-order valence-electron chi connectivity index (χ4n) is 1.43. The highest BCUT2D eigenvalue weighted by atomic mass is 32.1. The van der Waals surface area contributed by atoms with Gasteiger partial charge >= 0.3 is 0 Å². The molecule has 0 fully saturated rings. The second kappa shape index (κ2) is 5.43. The van der Waals surface area contributed by atoms with E-state index < -0.39 is 0 Å². The molecule has 86 valence electrons. The molecule has 2 heterocycles. The van der Waals surface area contributed by atoms with Crippen molar-refractivity contribution in [2.45, 2.75) is 13.2 Å². The molecule has 17 heavy (non-hydrogen) atoms. The van der Waals surface area contributed by atoms with Crippen LogP contribution in [0.5, 0.6) is 0 Å². The maximum Gasteiger partial charge on any atom is 0.100 e. The number of nitriles is 1. The lowest BCUT2D eigenvalue weighted by molar-refractivity contribution is 0.282. The number of aromatic nitrogens is 1. The van der Waals surface area contributed by atoms with E-state index in [4.69, 9.17) is 10.4 Å². The third-order valence-electron chi connectivity index (χ3n) is 2.32. The van der Waals surface area contributed by atoms with E-state index in [1.54, 1.807) is 18.5 Å². The lowest BCUT2D eigenvalue weighted by atomic mass is 10.2. The van der Waals surface area contributed by atoms with Gasteiger partial charge in [0.1, 0.15) is 6.07 Å². The third kappa shape index (κ3) is 2.81. The maximum atomic E-state index is 9.15. The van der Waals surface area contributed by atoms with E-state index in [1.165, 1.54) is 11.3 Å². The van der Waals surface area contributed by atoms with Crippen LogP contribution in [0.1, 0.15) is 16.0 Å². The van der Waals surface area contributed by atoms with E-state index in [2.05, 4.69) is 16.4 Å². The van der Waals surface area contributed by atoms with E-state index >= 15 is 0 Å². The van der Waals surface area contributed by atoms with Crippen molar-refractivity contribution in [3.8, 4) is 6.07 Å². The van der Waals surface area contributed by atoms with Crippen LogP contribution in [0.15, 0.2) is 29.9 Å². The molecule has 2 aromatic rings. The average Bonchev–Trinajstić information content (AvgIpc) is 2.84. The third-order valence-corrected chi connectivity index (χ3v) is 3.25. The summed E-state index contributed by atoms with van der Waals surface area (Å²) in [5.74, 6) is 0. The molecule has 0 spiro atoms. The summed E-state index contributed by atoms with van der Waals surface area (Å²) in [6, 6.07) is 5.73. The summed E-state index contributed by atoms with van der Waals surface area (Å²) >= 11 is 1.54. The van der Waals surface area contributed by atoms with E-state index in [9.17, 15) is 0 Å². The van der Waals surface area contributed by atoms with Crippen molar-refractivity contribution in [3.63, 3.8) is 0 Å². The highest BCUT2D eigenvalue weighted by Crippen LogP contribution is 2.18. The fraction of sp³-hybridized carbons (Fsp3) is 0.167. The maximum absolute atomic E-state index is 9.15. The second-order valence-corrected chi connectivity index (χ2v) is 4.45. The van der Waals surface area contributed by atoms with Crippen LogP contribution in [-0.4, -0.2) is 10.1 Å². The summed E-state index contributed by atoms with van der Waals surface area (Å²) in [6.45, 7) is 0.615. The van der Waals surface area contributed by atoms with Gasteiger partial charge in [0.25, 0.3) is 0 Å². The van der Waals surface area contributed by atoms with Crippen molar-refractivity contribution >= 4 is 17.0 Å². The standard InChI is InChI=1S/C12H11N3OS/c13-4-9-3-11(17-8-9)5-15-12-6-14-2-1-10(12)7-16/h1-3,6,8,15-16H,5,7H2. The Morgan fingerprint density at radius 3 is 3.12 bits per heavy atom. The summed E-state index contributed by atoms with van der Waals surface area (Å²) in [4.78, 5) is 5.08. The first-order valence-electron chi connectivity index (χ1n) is 5.08. The Morgan fingerprint density at radius 2 is 2.41 bits per heavy atom. The number of aliphatic hydroxyl groups excluding tert-OH is 1. The number of pyridine rings is 1. The van der Waals surface area contributed by atoms with Crippen molar-refractivity contribution in [1.82, 2.24) is 4.98 Å². The molecule has 0 bridgehead atoms. The summed E-state index contributed by atoms with van der Waals surface area (Å²) < 4.78 is 0. The molecule has 0 saturated carbocycles. The quantitative estimate of drug-likeness (QED) is 0.865. The average molecular weight is 245 g/mol. The van der Waals surface area contributed by atoms with Crippen molar-refractivity contribution in [3.05, 3.63) is 45.9 Å². The second-order valence-electron chi connectivity index (χ2n) is 3.46. The molecule has 0 aromatic carbocycles. The molecular formula is C12H11N3OS. The highest BCUT2D eigenvalue weighted by Gasteiger charge is 2.02. The molecule has 0 saturated heterocycles. The molecule has 0 radical (unpaired) electrons. The predicted octanol–water partition coefficient (Wildman–Crippen LogP) is 2.12. The summed E-state index contributed by atoms with van der Waals surface area (Å²) in [5.41, 5.74) is 2.32. The van der Waals surface area contributed by atoms with Crippen LogP contribution in [0, 0.1) is 11.3 Å². The topological polar surface area (TPSA) is 68.9 Å². The van der Waals surface area contributed by atoms with Gasteiger partial charge in [-0.05, 0) is 12.1 Å². The van der Waals surface area contributed by atoms with Crippen LogP contribution >= 0.6 is 11.3 Å². The van der Waals surface area contributed by atoms with Gasteiger partial charge < -0.3 is 10.4 Å². The smallest absolute Gasteiger partial charge is 0.100 e. The van der Waals surface area contributed by atoms with E-state index in [0.717, 1.165) is 16.1 Å². The molecule has 0 amide bonds. The van der Waals surface area contributed by atoms with Crippen molar-refractivity contribution in [2.75, 3.05) is 5.32 Å². The minimum atomic E-state index is -0.0151. The lowest BCUT2D eigenvalue weighted by Crippen LogP contribution is -2.01. The zero-order chi connectivity index (χ0) is 12.1. The van der Waals surface area contributed by atoms with Crippen LogP contribution in [0.3, 0.4) is 0 Å². The number of hydrogen-bond acceptors (Lipinski definition) is 5. The number of anilines is 1. The molecule has 4 nitrogen and oxygen atoms in total. The van der Waals surface area contributed by atoms with Crippen LogP contribution < -0.4 is 5.32 Å². The molecule has 0 aliphatic heterocycles. The highest BCUT2D eigenvalue weighted by molar-refractivity contribution is 7.10. The van der Waals surface area contributed by atoms with E-state index in [0.29, 0.717) is 12.1 Å². The minimum absolute atomic E-state index is 0.0151. The van der Waals surface area contributed by atoms with Crippen LogP contribution in [0.2, 0.25) is 0 Å². The Bertz CT molecular complexity index is 545. The molecule has 2 aromatic heterocycles. The van der Waals surface area contributed by atoms with Crippen LogP contribution in [0.4, 0.5) is 5.69 Å². The lowest BCUT2D eigenvalue weighted by Gasteiger charge is -2.08. The molecular weight excluding hydrogens is 234 g/mol. The molecule has 2 N–H and O–H groups in total. The minimum Gasteiger partial charge on any atom is -0.392 e. The zero-order valence-corrected chi connectivity index (χ0v) is 9.87. The Balaban J connectivity index is 2.05. The first-order valence-corrected chi connectivity index (χ1v) is 5.96. The molecule has 2 rings (SSSR count). The van der Waals surface area contributed by atoms with Gasteiger partial charge in [-0.3, -0.25) is 4.98 Å². The molecule has 5 heteroatoms. The summed E-state index contributed by atoms with van der Waals surface area (Å²) in [7, 11) is 0. The Labute approximate surface area is 103 Å². The number of thiophene rings is 1. The van der Waals surface area contributed by atoms with Gasteiger partial charge in [-0.1, -0.05) is 0 Å². The van der Waals surface area contributed by atoms with Gasteiger partial charge in [0, 0.05) is 28.6 Å². The van der Waals surface area contributed by atoms with Gasteiger partial charge in [0.15, 0.2) is 0 Å². The van der Waals surface area contributed by atoms with E-state index in [1.807, 2.05) is 11.4 Å². The monoisotopic (exact) mass is 245 g/mol.